The summed E-state index contributed by atoms with van der Waals surface area (Å²) in [5.74, 6) is -0.527. The van der Waals surface area contributed by atoms with Crippen LogP contribution >= 0.6 is 0 Å². The highest BCUT2D eigenvalue weighted by molar-refractivity contribution is 7.87. The number of nitrogens with zero attached hydrogens (tertiary/aromatic N) is 1. The van der Waals surface area contributed by atoms with E-state index in [-0.39, 0.29) is 45.4 Å². The van der Waals surface area contributed by atoms with Crippen LogP contribution in [0.4, 0.5) is 26.0 Å². The van der Waals surface area contributed by atoms with E-state index in [1.807, 2.05) is 6.92 Å². The number of aromatic nitrogens is 1. The van der Waals surface area contributed by atoms with Gasteiger partial charge in [0, 0.05) is 19.0 Å². The molecule has 0 bridgehead atoms. The first-order valence-corrected chi connectivity index (χ1v) is 12.3. The number of hydrogen-bond acceptors (Lipinski definition) is 5. The minimum absolute atomic E-state index is 0.0993. The lowest BCUT2D eigenvalue weighted by atomic mass is 10.1. The molecule has 2 aromatic carbocycles. The van der Waals surface area contributed by atoms with Crippen LogP contribution in [-0.4, -0.2) is 28.2 Å². The fourth-order valence-corrected chi connectivity index (χ4v) is 5.33. The van der Waals surface area contributed by atoms with Crippen molar-refractivity contribution in [2.45, 2.75) is 30.9 Å². The number of pyridine rings is 1. The topological polar surface area (TPSA) is 81.6 Å². The molecule has 4 rings (SSSR count). The number of halogens is 2. The van der Waals surface area contributed by atoms with Crippen LogP contribution in [0.3, 0.4) is 0 Å². The smallest absolute Gasteiger partial charge is 0.255 e. The Balaban J connectivity index is 1.62. The largest absolute Gasteiger partial charge is 0.494 e. The van der Waals surface area contributed by atoms with Crippen LogP contribution in [0.2, 0.25) is 0 Å². The van der Waals surface area contributed by atoms with Crippen LogP contribution in [0.1, 0.15) is 30.4 Å². The first-order valence-electron chi connectivity index (χ1n) is 11.1. The predicted molar refractivity (Wildman–Crippen MR) is 133 cm³/mol. The fourth-order valence-electron chi connectivity index (χ4n) is 3.94. The first kappa shape index (κ1) is 24.7. The van der Waals surface area contributed by atoms with Crippen LogP contribution < -0.4 is 25.1 Å². The number of ether oxygens (including phenoxy) is 2. The number of anilines is 3. The molecule has 1 aliphatic carbocycles. The Hall–Kier alpha value is -3.40. The average Bonchev–Trinajstić information content (AvgIpc) is 3.65. The molecule has 3 unspecified atom stereocenters. The third-order valence-corrected chi connectivity index (χ3v) is 7.61. The van der Waals surface area contributed by atoms with Crippen LogP contribution in [-0.2, 0) is 24.5 Å². The molecule has 1 aliphatic rings. The summed E-state index contributed by atoms with van der Waals surface area (Å²) in [4.78, 5) is 12.5. The molecule has 35 heavy (non-hydrogen) atoms. The summed E-state index contributed by atoms with van der Waals surface area (Å²) in [6, 6.07) is 10.8. The second kappa shape index (κ2) is 10.1. The molecule has 2 N–H and O–H groups in total. The third-order valence-electron chi connectivity index (χ3n) is 6.13. The average molecular weight is 504 g/mol. The van der Waals surface area contributed by atoms with Gasteiger partial charge in [0.25, 0.3) is 5.56 Å². The Morgan fingerprint density at radius 2 is 1.80 bits per heavy atom. The van der Waals surface area contributed by atoms with Crippen molar-refractivity contribution in [3.8, 4) is 11.5 Å². The van der Waals surface area contributed by atoms with Gasteiger partial charge in [-0.25, -0.2) is 13.0 Å². The van der Waals surface area contributed by atoms with E-state index >= 15 is 0 Å². The Morgan fingerprint density at radius 1 is 1.06 bits per heavy atom. The van der Waals surface area contributed by atoms with E-state index in [2.05, 4.69) is 10.0 Å². The van der Waals surface area contributed by atoms with Crippen LogP contribution in [0.5, 0.6) is 11.5 Å². The SMILES string of the molecule is CCc1ccc(Nc2c(NS(=O)C3CC3c3ccc(OC)c(F)c3)c(OC)cc(=O)n2C)c(F)c1. The summed E-state index contributed by atoms with van der Waals surface area (Å²) in [5, 5.41) is 2.67. The molecule has 3 aromatic rings. The summed E-state index contributed by atoms with van der Waals surface area (Å²) in [5.41, 5.74) is 1.61. The maximum absolute atomic E-state index is 14.7. The van der Waals surface area contributed by atoms with Gasteiger partial charge < -0.3 is 14.8 Å². The van der Waals surface area contributed by atoms with Gasteiger partial charge in [-0.3, -0.25) is 14.1 Å². The highest BCUT2D eigenvalue weighted by Crippen LogP contribution is 2.46. The first-order chi connectivity index (χ1) is 16.8. The zero-order valence-electron chi connectivity index (χ0n) is 19.9. The van der Waals surface area contributed by atoms with Crippen molar-refractivity contribution in [3.63, 3.8) is 0 Å². The van der Waals surface area contributed by atoms with Crippen molar-refractivity contribution in [3.05, 3.63) is 75.6 Å². The van der Waals surface area contributed by atoms with E-state index < -0.39 is 22.6 Å². The van der Waals surface area contributed by atoms with Crippen molar-refractivity contribution in [2.24, 2.45) is 7.05 Å². The van der Waals surface area contributed by atoms with E-state index in [1.54, 1.807) is 24.3 Å². The normalized spacial score (nSPS) is 17.5. The number of aryl methyl sites for hydroxylation is 1. The molecular weight excluding hydrogens is 476 g/mol. The van der Waals surface area contributed by atoms with E-state index in [1.165, 1.54) is 44.0 Å². The zero-order chi connectivity index (χ0) is 25.3. The van der Waals surface area contributed by atoms with E-state index in [4.69, 9.17) is 9.47 Å². The van der Waals surface area contributed by atoms with Gasteiger partial charge in [0.2, 0.25) is 0 Å². The third kappa shape index (κ3) is 5.02. The summed E-state index contributed by atoms with van der Waals surface area (Å²) in [6.07, 6.45) is 1.27. The lowest BCUT2D eigenvalue weighted by Gasteiger charge is -2.20. The van der Waals surface area contributed by atoms with Crippen LogP contribution in [0.15, 0.2) is 47.3 Å². The maximum Gasteiger partial charge on any atom is 0.255 e. The van der Waals surface area contributed by atoms with Gasteiger partial charge in [0.15, 0.2) is 17.3 Å². The van der Waals surface area contributed by atoms with E-state index in [9.17, 15) is 17.8 Å². The summed E-state index contributed by atoms with van der Waals surface area (Å²) in [7, 11) is 2.72. The van der Waals surface area contributed by atoms with Crippen LogP contribution in [0.25, 0.3) is 0 Å². The fraction of sp³-hybridized carbons (Fsp3) is 0.320. The molecule has 1 aromatic heterocycles. The second-order valence-corrected chi connectivity index (χ2v) is 9.70. The lowest BCUT2D eigenvalue weighted by molar-refractivity contribution is 0.386. The molecule has 1 heterocycles. The number of benzene rings is 2. The zero-order valence-corrected chi connectivity index (χ0v) is 20.7. The standard InChI is InChI=1S/C25H27F2N3O4S/c1-5-14-6-8-19(17(26)10-14)28-25-24(21(34-4)13-23(31)30(25)2)29-35(32)22-12-16(22)15-7-9-20(33-3)18(27)11-15/h6-11,13,16,22,28-29H,5,12H2,1-4H3. The number of methoxy groups -OCH3 is 2. The monoisotopic (exact) mass is 503 g/mol. The minimum Gasteiger partial charge on any atom is -0.494 e. The quantitative estimate of drug-likeness (QED) is 0.446. The highest BCUT2D eigenvalue weighted by Gasteiger charge is 2.44. The molecule has 0 radical (unpaired) electrons. The van der Waals surface area contributed by atoms with Gasteiger partial charge in [-0.1, -0.05) is 19.1 Å². The van der Waals surface area contributed by atoms with E-state index in [0.717, 1.165) is 11.1 Å². The summed E-state index contributed by atoms with van der Waals surface area (Å²) >= 11 is 0. The molecule has 7 nitrogen and oxygen atoms in total. The summed E-state index contributed by atoms with van der Waals surface area (Å²) in [6.45, 7) is 1.93. The molecule has 0 spiro atoms. The van der Waals surface area contributed by atoms with Gasteiger partial charge in [0.05, 0.1) is 25.2 Å². The van der Waals surface area contributed by atoms with Crippen molar-refractivity contribution >= 4 is 28.2 Å². The van der Waals surface area contributed by atoms with E-state index in [0.29, 0.717) is 12.8 Å². The second-order valence-electron chi connectivity index (χ2n) is 8.30. The molecule has 10 heteroatoms. The Morgan fingerprint density at radius 3 is 2.43 bits per heavy atom. The molecule has 1 saturated carbocycles. The molecule has 0 saturated heterocycles. The number of rotatable bonds is 9. The molecule has 1 fully saturated rings. The Kier molecular flexibility index (Phi) is 7.11. The van der Waals surface area contributed by atoms with Crippen molar-refractivity contribution in [1.29, 1.82) is 0 Å². The van der Waals surface area contributed by atoms with Gasteiger partial charge in [0.1, 0.15) is 28.3 Å². The van der Waals surface area contributed by atoms with Crippen molar-refractivity contribution < 1.29 is 22.5 Å². The van der Waals surface area contributed by atoms with Gasteiger partial charge in [-0.15, -0.1) is 0 Å². The number of hydrogen-bond donors (Lipinski definition) is 2. The Bertz CT molecular complexity index is 1350. The molecular formula is C25H27F2N3O4S. The number of nitrogens with one attached hydrogen (secondary N) is 2. The predicted octanol–water partition coefficient (Wildman–Crippen LogP) is 4.62. The minimum atomic E-state index is -1.59. The lowest BCUT2D eigenvalue weighted by Crippen LogP contribution is -2.23. The highest BCUT2D eigenvalue weighted by atomic mass is 32.2. The van der Waals surface area contributed by atoms with Gasteiger partial charge >= 0.3 is 0 Å². The molecule has 0 amide bonds. The van der Waals surface area contributed by atoms with Gasteiger partial charge in [-0.05, 0) is 48.2 Å². The summed E-state index contributed by atoms with van der Waals surface area (Å²) < 4.78 is 56.6. The molecule has 186 valence electrons. The molecule has 3 atom stereocenters. The maximum atomic E-state index is 14.7. The van der Waals surface area contributed by atoms with Crippen molar-refractivity contribution in [1.82, 2.24) is 4.57 Å². The molecule has 0 aliphatic heterocycles. The van der Waals surface area contributed by atoms with Gasteiger partial charge in [-0.2, -0.15) is 0 Å². The van der Waals surface area contributed by atoms with Crippen LogP contribution in [0, 0.1) is 11.6 Å². The van der Waals surface area contributed by atoms with Crippen molar-refractivity contribution in [2.75, 3.05) is 24.3 Å². The Labute approximate surface area is 204 Å².